The van der Waals surface area contributed by atoms with E-state index in [2.05, 4.69) is 11.1 Å². The molecule has 0 amide bonds. The van der Waals surface area contributed by atoms with Crippen molar-refractivity contribution in [2.24, 2.45) is 14.1 Å². The molecule has 2 aromatic heterocycles. The maximum absolute atomic E-state index is 12.3. The maximum atomic E-state index is 12.3. The first-order valence-corrected chi connectivity index (χ1v) is 7.26. The van der Waals surface area contributed by atoms with Crippen LogP contribution in [0.5, 0.6) is 0 Å². The van der Waals surface area contributed by atoms with E-state index in [9.17, 15) is 9.59 Å². The van der Waals surface area contributed by atoms with Gasteiger partial charge in [0.2, 0.25) is 0 Å². The van der Waals surface area contributed by atoms with Crippen LogP contribution in [0.4, 0.5) is 0 Å². The van der Waals surface area contributed by atoms with Crippen LogP contribution in [-0.4, -0.2) is 14.1 Å². The number of rotatable bonds is 0. The molecule has 0 N–H and O–H groups in total. The minimum atomic E-state index is -0.353. The van der Waals surface area contributed by atoms with Gasteiger partial charge in [0.25, 0.3) is 5.56 Å². The molecule has 0 saturated carbocycles. The Morgan fingerprint density at radius 2 is 1.73 bits per heavy atom. The standard InChI is InChI=1S/C17H15N3O2/c1-19-15-13(16(21)20(2)17(19)22)9-11-8-7-10-5-3-4-6-12(10)14(11)18-15/h3-6,9H,7-8H2,1-2H3. The Balaban J connectivity index is 2.16. The van der Waals surface area contributed by atoms with Gasteiger partial charge in [0, 0.05) is 19.7 Å². The third kappa shape index (κ3) is 1.62. The summed E-state index contributed by atoms with van der Waals surface area (Å²) in [5.41, 5.74) is 4.12. The normalized spacial score (nSPS) is 13.0. The van der Waals surface area contributed by atoms with Crippen molar-refractivity contribution in [2.75, 3.05) is 0 Å². The first kappa shape index (κ1) is 13.0. The summed E-state index contributed by atoms with van der Waals surface area (Å²) in [6.45, 7) is 0. The molecule has 0 saturated heterocycles. The summed E-state index contributed by atoms with van der Waals surface area (Å²) >= 11 is 0. The SMILES string of the molecule is Cn1c(=O)c2cc3c(nc2n(C)c1=O)-c1ccccc1CC3. The molecule has 0 radical (unpaired) electrons. The van der Waals surface area contributed by atoms with Crippen molar-refractivity contribution in [2.45, 2.75) is 12.8 Å². The van der Waals surface area contributed by atoms with E-state index >= 15 is 0 Å². The van der Waals surface area contributed by atoms with Crippen LogP contribution in [0.15, 0.2) is 39.9 Å². The number of hydrogen-bond acceptors (Lipinski definition) is 3. The quantitative estimate of drug-likeness (QED) is 0.629. The van der Waals surface area contributed by atoms with Gasteiger partial charge in [0.05, 0.1) is 11.1 Å². The van der Waals surface area contributed by atoms with Gasteiger partial charge < -0.3 is 0 Å². The van der Waals surface area contributed by atoms with Crippen LogP contribution < -0.4 is 11.2 Å². The van der Waals surface area contributed by atoms with Crippen LogP contribution >= 0.6 is 0 Å². The topological polar surface area (TPSA) is 56.9 Å². The zero-order valence-corrected chi connectivity index (χ0v) is 12.5. The summed E-state index contributed by atoms with van der Waals surface area (Å²) in [5, 5.41) is 0.503. The number of nitrogens with zero attached hydrogens (tertiary/aromatic N) is 3. The number of aryl methyl sites for hydroxylation is 3. The Labute approximate surface area is 126 Å². The lowest BCUT2D eigenvalue weighted by Crippen LogP contribution is -2.37. The molecule has 0 aliphatic heterocycles. The van der Waals surface area contributed by atoms with Gasteiger partial charge in [-0.05, 0) is 30.0 Å². The molecule has 0 unspecified atom stereocenters. The van der Waals surface area contributed by atoms with E-state index in [0.29, 0.717) is 11.0 Å². The zero-order valence-electron chi connectivity index (χ0n) is 12.5. The fourth-order valence-corrected chi connectivity index (χ4v) is 3.20. The fraction of sp³-hybridized carbons (Fsp3) is 0.235. The molecular formula is C17H15N3O2. The molecule has 0 spiro atoms. The van der Waals surface area contributed by atoms with Crippen molar-refractivity contribution in [3.63, 3.8) is 0 Å². The minimum Gasteiger partial charge on any atom is -0.280 e. The van der Waals surface area contributed by atoms with Gasteiger partial charge in [0.1, 0.15) is 5.65 Å². The average molecular weight is 293 g/mol. The molecule has 0 fully saturated rings. The number of aromatic nitrogens is 3. The molecule has 1 aliphatic carbocycles. The van der Waals surface area contributed by atoms with Crippen molar-refractivity contribution in [1.29, 1.82) is 0 Å². The van der Waals surface area contributed by atoms with Gasteiger partial charge in [-0.1, -0.05) is 24.3 Å². The van der Waals surface area contributed by atoms with Gasteiger partial charge >= 0.3 is 5.69 Å². The van der Waals surface area contributed by atoms with Gasteiger partial charge in [-0.3, -0.25) is 13.9 Å². The van der Waals surface area contributed by atoms with E-state index in [4.69, 9.17) is 0 Å². The Kier molecular flexibility index (Phi) is 2.60. The lowest BCUT2D eigenvalue weighted by atomic mass is 9.89. The van der Waals surface area contributed by atoms with Gasteiger partial charge in [-0.25, -0.2) is 9.78 Å². The summed E-state index contributed by atoms with van der Waals surface area (Å²) in [4.78, 5) is 29.1. The van der Waals surface area contributed by atoms with Crippen LogP contribution in [-0.2, 0) is 26.9 Å². The van der Waals surface area contributed by atoms with Crippen LogP contribution in [0.3, 0.4) is 0 Å². The number of pyridine rings is 1. The zero-order chi connectivity index (χ0) is 15.4. The summed E-state index contributed by atoms with van der Waals surface area (Å²) in [6.07, 6.45) is 1.81. The highest BCUT2D eigenvalue weighted by Gasteiger charge is 2.20. The smallest absolute Gasteiger partial charge is 0.280 e. The molecule has 5 heteroatoms. The molecule has 4 rings (SSSR count). The Hall–Kier alpha value is -2.69. The number of hydrogen-bond donors (Lipinski definition) is 0. The summed E-state index contributed by atoms with van der Waals surface area (Å²) in [6, 6.07) is 10.1. The first-order valence-electron chi connectivity index (χ1n) is 7.26. The monoisotopic (exact) mass is 293 g/mol. The fourth-order valence-electron chi connectivity index (χ4n) is 3.20. The van der Waals surface area contributed by atoms with Crippen molar-refractivity contribution in [3.8, 4) is 11.3 Å². The summed E-state index contributed by atoms with van der Waals surface area (Å²) in [5.74, 6) is 0. The Morgan fingerprint density at radius 3 is 2.55 bits per heavy atom. The van der Waals surface area contributed by atoms with Crippen LogP contribution in [0.1, 0.15) is 11.1 Å². The van der Waals surface area contributed by atoms with E-state index in [1.807, 2.05) is 24.3 Å². The third-order valence-corrected chi connectivity index (χ3v) is 4.44. The maximum Gasteiger partial charge on any atom is 0.332 e. The Bertz CT molecular complexity index is 1040. The van der Waals surface area contributed by atoms with E-state index in [0.717, 1.165) is 34.2 Å². The molecule has 0 atom stereocenters. The van der Waals surface area contributed by atoms with Crippen LogP contribution in [0, 0.1) is 0 Å². The third-order valence-electron chi connectivity index (χ3n) is 4.44. The molecule has 3 aromatic rings. The minimum absolute atomic E-state index is 0.285. The highest BCUT2D eigenvalue weighted by molar-refractivity contribution is 5.81. The molecule has 0 bridgehead atoms. The second-order valence-electron chi connectivity index (χ2n) is 5.73. The van der Waals surface area contributed by atoms with Crippen molar-refractivity contribution < 1.29 is 0 Å². The Morgan fingerprint density at radius 1 is 1.00 bits per heavy atom. The highest BCUT2D eigenvalue weighted by Crippen LogP contribution is 2.32. The molecule has 1 aromatic carbocycles. The summed E-state index contributed by atoms with van der Waals surface area (Å²) in [7, 11) is 3.15. The summed E-state index contributed by atoms with van der Waals surface area (Å²) < 4.78 is 2.57. The predicted octanol–water partition coefficient (Wildman–Crippen LogP) is 1.40. The van der Waals surface area contributed by atoms with Crippen molar-refractivity contribution in [1.82, 2.24) is 14.1 Å². The van der Waals surface area contributed by atoms with Gasteiger partial charge in [-0.15, -0.1) is 0 Å². The van der Waals surface area contributed by atoms with E-state index in [-0.39, 0.29) is 11.2 Å². The largest absolute Gasteiger partial charge is 0.332 e. The molecule has 1 aliphatic rings. The number of fused-ring (bicyclic) bond motifs is 4. The molecule has 5 nitrogen and oxygen atoms in total. The molecule has 2 heterocycles. The van der Waals surface area contributed by atoms with E-state index < -0.39 is 0 Å². The number of benzene rings is 1. The van der Waals surface area contributed by atoms with E-state index in [1.165, 1.54) is 17.2 Å². The van der Waals surface area contributed by atoms with Crippen molar-refractivity contribution >= 4 is 11.0 Å². The highest BCUT2D eigenvalue weighted by atomic mass is 16.2. The predicted molar refractivity (Wildman–Crippen MR) is 85.1 cm³/mol. The lowest BCUT2D eigenvalue weighted by Gasteiger charge is -2.20. The van der Waals surface area contributed by atoms with Crippen LogP contribution in [0.25, 0.3) is 22.3 Å². The molecular weight excluding hydrogens is 278 g/mol. The lowest BCUT2D eigenvalue weighted by molar-refractivity contribution is 0.707. The van der Waals surface area contributed by atoms with Gasteiger partial charge in [0.15, 0.2) is 0 Å². The average Bonchev–Trinajstić information content (AvgIpc) is 2.56. The van der Waals surface area contributed by atoms with Gasteiger partial charge in [-0.2, -0.15) is 0 Å². The van der Waals surface area contributed by atoms with Crippen LogP contribution in [0.2, 0.25) is 0 Å². The second-order valence-corrected chi connectivity index (χ2v) is 5.73. The molecule has 22 heavy (non-hydrogen) atoms. The molecule has 110 valence electrons. The van der Waals surface area contributed by atoms with E-state index in [1.54, 1.807) is 7.05 Å². The second kappa shape index (κ2) is 4.40. The first-order chi connectivity index (χ1) is 10.6. The van der Waals surface area contributed by atoms with Crippen molar-refractivity contribution in [3.05, 3.63) is 62.3 Å².